The number of imide groups is 1. The van der Waals surface area contributed by atoms with Crippen molar-refractivity contribution in [2.75, 3.05) is 14.2 Å². The highest BCUT2D eigenvalue weighted by atomic mass is 35.5. The summed E-state index contributed by atoms with van der Waals surface area (Å²) in [5.41, 5.74) is 1.39. The first-order chi connectivity index (χ1) is 18.5. The minimum atomic E-state index is -5.08. The van der Waals surface area contributed by atoms with Gasteiger partial charge in [0, 0.05) is 13.1 Å². The number of carbonyl (C=O) groups is 4. The largest absolute Gasteiger partial charge is 0.490 e. The molecular weight excluding hydrogens is 576 g/mol. The number of carboxylic acid groups (broad SMARTS) is 1. The zero-order valence-corrected chi connectivity index (χ0v) is 23.4. The Morgan fingerprint density at radius 2 is 1.60 bits per heavy atom. The molecule has 2 saturated heterocycles. The maximum absolute atomic E-state index is 13.1. The first kappa shape index (κ1) is 31.4. The summed E-state index contributed by atoms with van der Waals surface area (Å²) in [6.07, 6.45) is -4.70. The summed E-state index contributed by atoms with van der Waals surface area (Å²) < 4.78 is 36.9. The number of carbonyl (C=O) groups excluding carboxylic acids is 3. The van der Waals surface area contributed by atoms with Crippen LogP contribution >= 0.6 is 23.2 Å². The van der Waals surface area contributed by atoms with Gasteiger partial charge >= 0.3 is 18.1 Å². The number of benzene rings is 2. The lowest BCUT2D eigenvalue weighted by atomic mass is 9.75. The third-order valence-electron chi connectivity index (χ3n) is 6.92. The molecule has 4 atom stereocenters. The lowest BCUT2D eigenvalue weighted by Gasteiger charge is -2.33. The van der Waals surface area contributed by atoms with Gasteiger partial charge in [0.2, 0.25) is 11.8 Å². The van der Waals surface area contributed by atoms with Gasteiger partial charge in [0.05, 0.1) is 29.0 Å². The number of nitrogens with one attached hydrogen (secondary N) is 1. The summed E-state index contributed by atoms with van der Waals surface area (Å²) >= 11 is 12.2. The number of fused-ring (bicyclic) bond motifs is 1. The second kappa shape index (κ2) is 11.8. The van der Waals surface area contributed by atoms with Crippen LogP contribution in [0.3, 0.4) is 0 Å². The topological polar surface area (TPSA) is 113 Å². The third kappa shape index (κ3) is 5.96. The minimum Gasteiger partial charge on any atom is -0.475 e. The molecule has 2 N–H and O–H groups in total. The minimum absolute atomic E-state index is 0.0989. The molecule has 216 valence electrons. The Labute approximate surface area is 238 Å². The van der Waals surface area contributed by atoms with Crippen molar-refractivity contribution in [2.24, 2.45) is 17.8 Å². The van der Waals surface area contributed by atoms with Crippen molar-refractivity contribution in [3.05, 3.63) is 58.1 Å². The van der Waals surface area contributed by atoms with E-state index in [1.54, 1.807) is 12.1 Å². The summed E-state index contributed by atoms with van der Waals surface area (Å²) in [5, 5.41) is 11.5. The summed E-state index contributed by atoms with van der Waals surface area (Å²) in [4.78, 5) is 49.3. The van der Waals surface area contributed by atoms with Crippen LogP contribution in [0.4, 0.5) is 13.2 Å². The average Bonchev–Trinajstić information content (AvgIpc) is 3.34. The SMILES string of the molecule is COC(=O)[C@]1(CC(C)C)NC(c2ccc(-c3ccc(Cl)c(Cl)c3)cc2)C2C(=O)N(C)C(=O)C21.O=C(O)C(F)(F)F. The molecule has 2 amide bonds. The number of rotatable bonds is 5. The normalized spacial score (nSPS) is 24.1. The van der Waals surface area contributed by atoms with Gasteiger partial charge in [0.15, 0.2) is 0 Å². The van der Waals surface area contributed by atoms with Crippen molar-refractivity contribution in [1.29, 1.82) is 0 Å². The first-order valence-corrected chi connectivity index (χ1v) is 12.8. The predicted molar refractivity (Wildman–Crippen MR) is 140 cm³/mol. The summed E-state index contributed by atoms with van der Waals surface area (Å²) in [6, 6.07) is 12.6. The molecule has 8 nitrogen and oxygen atoms in total. The second-order valence-electron chi connectivity index (χ2n) is 9.98. The van der Waals surface area contributed by atoms with Crippen molar-refractivity contribution < 1.29 is 42.2 Å². The van der Waals surface area contributed by atoms with Crippen LogP contribution in [-0.4, -0.2) is 59.6 Å². The molecule has 2 aromatic carbocycles. The van der Waals surface area contributed by atoms with Gasteiger partial charge in [0.25, 0.3) is 0 Å². The Bertz CT molecular complexity index is 1320. The number of aliphatic carboxylic acids is 1. The van der Waals surface area contributed by atoms with E-state index >= 15 is 0 Å². The van der Waals surface area contributed by atoms with E-state index < -0.39 is 41.5 Å². The number of esters is 1. The highest BCUT2D eigenvalue weighted by molar-refractivity contribution is 6.42. The van der Waals surface area contributed by atoms with Crippen molar-refractivity contribution in [2.45, 2.75) is 38.0 Å². The third-order valence-corrected chi connectivity index (χ3v) is 7.66. The van der Waals surface area contributed by atoms with Gasteiger partial charge < -0.3 is 9.84 Å². The number of hydrogen-bond donors (Lipinski definition) is 2. The van der Waals surface area contributed by atoms with E-state index in [4.69, 9.17) is 37.8 Å². The van der Waals surface area contributed by atoms with Gasteiger partial charge in [0.1, 0.15) is 5.54 Å². The quantitative estimate of drug-likeness (QED) is 0.360. The van der Waals surface area contributed by atoms with E-state index in [9.17, 15) is 27.6 Å². The van der Waals surface area contributed by atoms with Crippen LogP contribution in [0, 0.1) is 17.8 Å². The molecule has 0 saturated carbocycles. The molecule has 13 heteroatoms. The molecule has 2 fully saturated rings. The smallest absolute Gasteiger partial charge is 0.475 e. The Balaban J connectivity index is 0.000000559. The van der Waals surface area contributed by atoms with Gasteiger partial charge in [-0.25, -0.2) is 4.79 Å². The fraction of sp³-hybridized carbons (Fsp3) is 0.407. The van der Waals surface area contributed by atoms with Crippen molar-refractivity contribution in [3.63, 3.8) is 0 Å². The summed E-state index contributed by atoms with van der Waals surface area (Å²) in [7, 11) is 2.79. The molecule has 3 unspecified atom stereocenters. The molecule has 0 spiro atoms. The highest BCUT2D eigenvalue weighted by Gasteiger charge is 2.68. The zero-order chi connectivity index (χ0) is 30.2. The monoisotopic (exact) mass is 602 g/mol. The molecule has 0 aromatic heterocycles. The molecule has 40 heavy (non-hydrogen) atoms. The fourth-order valence-corrected chi connectivity index (χ4v) is 5.57. The van der Waals surface area contributed by atoms with Gasteiger partial charge in [-0.2, -0.15) is 13.2 Å². The number of halogens is 5. The van der Waals surface area contributed by atoms with Gasteiger partial charge in [-0.15, -0.1) is 0 Å². The summed E-state index contributed by atoms with van der Waals surface area (Å²) in [5.74, 6) is -5.31. The van der Waals surface area contributed by atoms with E-state index in [0.717, 1.165) is 21.6 Å². The molecule has 2 heterocycles. The van der Waals surface area contributed by atoms with Crippen LogP contribution in [0.2, 0.25) is 10.0 Å². The maximum atomic E-state index is 13.1. The molecule has 0 aliphatic carbocycles. The Morgan fingerprint density at radius 1 is 1.05 bits per heavy atom. The Morgan fingerprint density at radius 3 is 2.08 bits per heavy atom. The lowest BCUT2D eigenvalue weighted by molar-refractivity contribution is -0.192. The number of methoxy groups -OCH3 is 1. The van der Waals surface area contributed by atoms with Crippen LogP contribution in [0.1, 0.15) is 31.9 Å². The van der Waals surface area contributed by atoms with Gasteiger partial charge in [-0.05, 0) is 41.2 Å². The molecule has 0 radical (unpaired) electrons. The molecule has 2 aliphatic rings. The molecule has 4 rings (SSSR count). The number of ether oxygens (including phenoxy) is 1. The molecule has 0 bridgehead atoms. The van der Waals surface area contributed by atoms with E-state index in [0.29, 0.717) is 16.5 Å². The molecular formula is C27H27Cl2F3N2O6. The maximum Gasteiger partial charge on any atom is 0.490 e. The van der Waals surface area contributed by atoms with Crippen LogP contribution < -0.4 is 5.32 Å². The van der Waals surface area contributed by atoms with Crippen LogP contribution in [0.15, 0.2) is 42.5 Å². The summed E-state index contributed by atoms with van der Waals surface area (Å²) in [6.45, 7) is 3.96. The van der Waals surface area contributed by atoms with Crippen LogP contribution in [0.5, 0.6) is 0 Å². The second-order valence-corrected chi connectivity index (χ2v) is 10.8. The number of amides is 2. The number of hydrogen-bond acceptors (Lipinski definition) is 6. The van der Waals surface area contributed by atoms with Crippen molar-refractivity contribution >= 4 is 47.0 Å². The van der Waals surface area contributed by atoms with Gasteiger partial charge in [-0.1, -0.05) is 67.4 Å². The predicted octanol–water partition coefficient (Wildman–Crippen LogP) is 5.13. The van der Waals surface area contributed by atoms with E-state index in [-0.39, 0.29) is 17.7 Å². The van der Waals surface area contributed by atoms with Crippen LogP contribution in [0.25, 0.3) is 11.1 Å². The zero-order valence-electron chi connectivity index (χ0n) is 21.9. The molecule has 2 aromatic rings. The first-order valence-electron chi connectivity index (χ1n) is 12.1. The number of alkyl halides is 3. The van der Waals surface area contributed by atoms with Crippen molar-refractivity contribution in [3.8, 4) is 11.1 Å². The number of nitrogens with zero attached hydrogens (tertiary/aromatic N) is 1. The number of carboxylic acids is 1. The van der Waals surface area contributed by atoms with E-state index in [1.807, 2.05) is 44.2 Å². The van der Waals surface area contributed by atoms with E-state index in [1.165, 1.54) is 14.2 Å². The fourth-order valence-electron chi connectivity index (χ4n) is 5.28. The highest BCUT2D eigenvalue weighted by Crippen LogP contribution is 2.51. The number of likely N-dealkylation sites (tertiary alicyclic amines) is 1. The van der Waals surface area contributed by atoms with Gasteiger partial charge in [-0.3, -0.25) is 24.6 Å². The van der Waals surface area contributed by atoms with Crippen molar-refractivity contribution in [1.82, 2.24) is 10.2 Å². The van der Waals surface area contributed by atoms with E-state index in [2.05, 4.69) is 5.32 Å². The van der Waals surface area contributed by atoms with Crippen LogP contribution in [-0.2, 0) is 23.9 Å². The Hall–Kier alpha value is -3.15. The Kier molecular flexibility index (Phi) is 9.22. The average molecular weight is 603 g/mol. The standard InChI is InChI=1S/C25H26Cl2N2O4.C2HF3O2/c1-13(2)12-25(24(32)33-4)20-19(22(30)29(3)23(20)31)21(28-25)15-7-5-14(6-8-15)16-9-10-17(26)18(27)11-16;3-2(4,5)1(6)7/h5-11,13,19-21,28H,12H2,1-4H3;(H,6,7)/t19?,20?,21?,25-;/m1./s1. The lowest BCUT2D eigenvalue weighted by Crippen LogP contribution is -2.56. The molecule has 2 aliphatic heterocycles.